The van der Waals surface area contributed by atoms with Gasteiger partial charge in [0.2, 0.25) is 0 Å². The highest BCUT2D eigenvalue weighted by atomic mass is 31.3. The summed E-state index contributed by atoms with van der Waals surface area (Å²) in [6.07, 6.45) is 0.906. The van der Waals surface area contributed by atoms with E-state index in [1.165, 1.54) is 7.11 Å². The number of hydrogen-bond donors (Lipinski definition) is 7. The summed E-state index contributed by atoms with van der Waals surface area (Å²) in [6, 6.07) is 5.04. The second-order valence-corrected chi connectivity index (χ2v) is 9.65. The normalized spacial score (nSPS) is 15.5. The largest absolute Gasteiger partial charge is 0.496 e. The van der Waals surface area contributed by atoms with Gasteiger partial charge < -0.3 is 45.4 Å². The van der Waals surface area contributed by atoms with E-state index in [0.717, 1.165) is 45.7 Å². The number of carbonyl (C=O) groups excluding carboxylic acids is 1. The lowest BCUT2D eigenvalue weighted by molar-refractivity contribution is 0.0941. The second-order valence-electron chi connectivity index (χ2n) is 7.04. The lowest BCUT2D eigenvalue weighted by Crippen LogP contribution is -2.47. The summed E-state index contributed by atoms with van der Waals surface area (Å²) in [4.78, 5) is 47.9. The van der Waals surface area contributed by atoms with Crippen LogP contribution in [0.2, 0.25) is 0 Å². The lowest BCUT2D eigenvalue weighted by atomic mass is 10.1. The van der Waals surface area contributed by atoms with Gasteiger partial charge in [0.05, 0.1) is 19.3 Å². The Labute approximate surface area is 191 Å². The van der Waals surface area contributed by atoms with Crippen molar-refractivity contribution in [2.24, 2.45) is 0 Å². The van der Waals surface area contributed by atoms with Crippen molar-refractivity contribution in [2.75, 3.05) is 65.3 Å². The van der Waals surface area contributed by atoms with Crippen LogP contribution in [0.15, 0.2) is 18.2 Å². The van der Waals surface area contributed by atoms with E-state index >= 15 is 0 Å². The van der Waals surface area contributed by atoms with Crippen LogP contribution in [0.1, 0.15) is 16.8 Å². The fourth-order valence-electron chi connectivity index (χ4n) is 3.01. The number of nitrogens with two attached hydrogens (primary N) is 1. The van der Waals surface area contributed by atoms with E-state index < -0.39 is 15.6 Å². The Hall–Kier alpha value is -1.57. The van der Waals surface area contributed by atoms with Crippen molar-refractivity contribution >= 4 is 27.2 Å². The molecule has 0 aliphatic carbocycles. The smallest absolute Gasteiger partial charge is 0.478 e. The molecule has 1 saturated heterocycles. The Morgan fingerprint density at radius 1 is 1.06 bits per heavy atom. The first-order valence-electron chi connectivity index (χ1n) is 9.94. The van der Waals surface area contributed by atoms with E-state index in [-0.39, 0.29) is 12.5 Å². The minimum atomic E-state index is -5.05. The second kappa shape index (κ2) is 14.0. The molecule has 0 saturated carbocycles. The van der Waals surface area contributed by atoms with Crippen molar-refractivity contribution in [3.8, 4) is 5.75 Å². The van der Waals surface area contributed by atoms with Gasteiger partial charge in [0.1, 0.15) is 5.75 Å². The molecule has 190 valence electrons. The van der Waals surface area contributed by atoms with Gasteiger partial charge in [-0.05, 0) is 25.1 Å². The number of amides is 1. The zero-order valence-corrected chi connectivity index (χ0v) is 20.0. The van der Waals surface area contributed by atoms with Gasteiger partial charge >= 0.3 is 15.6 Å². The van der Waals surface area contributed by atoms with Crippen molar-refractivity contribution in [2.45, 2.75) is 6.42 Å². The molecule has 1 heterocycles. The number of carbonyl (C=O) groups is 1. The quantitative estimate of drug-likeness (QED) is 0.116. The van der Waals surface area contributed by atoms with Crippen LogP contribution in [0.4, 0.5) is 5.69 Å². The minimum absolute atomic E-state index is 0.139. The number of methoxy groups -OCH3 is 1. The van der Waals surface area contributed by atoms with Gasteiger partial charge in [0.15, 0.2) is 0 Å². The van der Waals surface area contributed by atoms with Crippen LogP contribution < -0.4 is 15.8 Å². The Morgan fingerprint density at radius 3 is 2.06 bits per heavy atom. The molecule has 1 aliphatic rings. The Kier molecular flexibility index (Phi) is 12.5. The summed E-state index contributed by atoms with van der Waals surface area (Å²) in [5.74, 6) is 0.354. The molecule has 2 rings (SSSR count). The Morgan fingerprint density at radius 2 is 1.61 bits per heavy atom. The predicted molar refractivity (Wildman–Crippen MR) is 119 cm³/mol. The highest BCUT2D eigenvalue weighted by Gasteiger charge is 2.28. The SMILES string of the molecule is COc1cc(N)ccc1C(=O)NCCCN1CCN(CCO)CC1.O=P(O)(O)OP(=O)(O)O. The maximum absolute atomic E-state index is 12.2. The Bertz CT molecular complexity index is 819. The third kappa shape index (κ3) is 13.0. The molecule has 1 aliphatic heterocycles. The predicted octanol–water partition coefficient (Wildman–Crippen LogP) is -0.804. The van der Waals surface area contributed by atoms with E-state index in [0.29, 0.717) is 23.5 Å². The van der Waals surface area contributed by atoms with Gasteiger partial charge in [-0.1, -0.05) is 0 Å². The van der Waals surface area contributed by atoms with E-state index in [1.54, 1.807) is 18.2 Å². The summed E-state index contributed by atoms with van der Waals surface area (Å²) in [6.45, 7) is 6.59. The molecule has 0 bridgehead atoms. The van der Waals surface area contributed by atoms with E-state index in [1.807, 2.05) is 0 Å². The van der Waals surface area contributed by atoms with Gasteiger partial charge in [-0.2, -0.15) is 4.31 Å². The average molecular weight is 514 g/mol. The van der Waals surface area contributed by atoms with Gasteiger partial charge in [-0.15, -0.1) is 0 Å². The number of hydrogen-bond acceptors (Lipinski definition) is 9. The van der Waals surface area contributed by atoms with Crippen molar-refractivity contribution in [1.29, 1.82) is 0 Å². The zero-order chi connectivity index (χ0) is 25.1. The number of anilines is 1. The van der Waals surface area contributed by atoms with E-state index in [4.69, 9.17) is 35.2 Å². The van der Waals surface area contributed by atoms with Crippen molar-refractivity contribution in [3.05, 3.63) is 23.8 Å². The number of rotatable bonds is 10. The lowest BCUT2D eigenvalue weighted by Gasteiger charge is -2.34. The van der Waals surface area contributed by atoms with Crippen LogP contribution in [0.3, 0.4) is 0 Å². The van der Waals surface area contributed by atoms with Crippen molar-refractivity contribution < 1.29 is 47.7 Å². The van der Waals surface area contributed by atoms with Crippen molar-refractivity contribution in [1.82, 2.24) is 15.1 Å². The number of piperazine rings is 1. The van der Waals surface area contributed by atoms with E-state index in [2.05, 4.69) is 19.4 Å². The number of aliphatic hydroxyl groups excluding tert-OH is 1. The number of aliphatic hydroxyl groups is 1. The van der Waals surface area contributed by atoms with Crippen LogP contribution >= 0.6 is 15.6 Å². The highest BCUT2D eigenvalue weighted by Crippen LogP contribution is 2.53. The fraction of sp³-hybridized carbons (Fsp3) is 0.588. The number of β-amino-alcohol motifs (C(OH)–C–C–N with tert-alkyl or cyclic N) is 1. The molecular weight excluding hydrogens is 482 g/mol. The molecule has 1 fully saturated rings. The maximum Gasteiger partial charge on any atom is 0.478 e. The average Bonchev–Trinajstić information content (AvgIpc) is 2.70. The zero-order valence-electron chi connectivity index (χ0n) is 18.2. The molecule has 1 aromatic rings. The molecule has 1 aromatic carbocycles. The molecule has 16 heteroatoms. The number of nitrogen functional groups attached to an aromatic ring is 1. The standard InChI is InChI=1S/C17H28N4O3.H4O7P2/c1-24-16-13-14(18)3-4-15(16)17(23)19-5-2-6-20-7-9-21(10-8-20)11-12-22;1-8(2,3)7-9(4,5)6/h3-4,13,22H,2,5-12,18H2,1H3,(H,19,23);(H2,1,2,3)(H2,4,5,6). The minimum Gasteiger partial charge on any atom is -0.496 e. The molecule has 14 nitrogen and oxygen atoms in total. The Balaban J connectivity index is 0.000000513. The summed E-state index contributed by atoms with van der Waals surface area (Å²) < 4.78 is 27.4. The maximum atomic E-state index is 12.2. The molecule has 33 heavy (non-hydrogen) atoms. The summed E-state index contributed by atoms with van der Waals surface area (Å²) in [5.41, 5.74) is 6.78. The first-order chi connectivity index (χ1) is 15.3. The number of nitrogens with one attached hydrogen (secondary N) is 1. The number of ether oxygens (including phenoxy) is 1. The van der Waals surface area contributed by atoms with Crippen LogP contribution in [-0.2, 0) is 13.4 Å². The number of benzene rings is 1. The van der Waals surface area contributed by atoms with Crippen LogP contribution in [0.25, 0.3) is 0 Å². The third-order valence-electron chi connectivity index (χ3n) is 4.50. The van der Waals surface area contributed by atoms with Crippen LogP contribution in [-0.4, -0.2) is 99.9 Å². The number of phosphoric acid groups is 2. The third-order valence-corrected chi connectivity index (χ3v) is 6.20. The number of nitrogens with zero attached hydrogens (tertiary/aromatic N) is 2. The topological polar surface area (TPSA) is 215 Å². The monoisotopic (exact) mass is 514 g/mol. The molecular formula is C17H32N4O10P2. The molecule has 0 atom stereocenters. The van der Waals surface area contributed by atoms with Gasteiger partial charge in [-0.25, -0.2) is 9.13 Å². The molecule has 0 unspecified atom stereocenters. The first kappa shape index (κ1) is 29.5. The summed E-state index contributed by atoms with van der Waals surface area (Å²) >= 11 is 0. The summed E-state index contributed by atoms with van der Waals surface area (Å²) in [5, 5.41) is 11.9. The van der Waals surface area contributed by atoms with Crippen LogP contribution in [0, 0.1) is 0 Å². The summed E-state index contributed by atoms with van der Waals surface area (Å²) in [7, 11) is -8.57. The molecule has 8 N–H and O–H groups in total. The molecule has 0 aromatic heterocycles. The van der Waals surface area contributed by atoms with Gasteiger partial charge in [-0.3, -0.25) is 9.69 Å². The first-order valence-corrected chi connectivity index (χ1v) is 13.0. The van der Waals surface area contributed by atoms with Crippen LogP contribution in [0.5, 0.6) is 5.75 Å². The van der Waals surface area contributed by atoms with Gasteiger partial charge in [0.25, 0.3) is 5.91 Å². The fourth-order valence-corrected chi connectivity index (χ4v) is 4.12. The highest BCUT2D eigenvalue weighted by molar-refractivity contribution is 7.60. The van der Waals surface area contributed by atoms with Crippen molar-refractivity contribution in [3.63, 3.8) is 0 Å². The van der Waals surface area contributed by atoms with E-state index in [9.17, 15) is 13.9 Å². The van der Waals surface area contributed by atoms with Gasteiger partial charge in [0, 0.05) is 51.0 Å². The molecule has 0 radical (unpaired) electrons. The molecule has 1 amide bonds. The molecule has 0 spiro atoms.